The first kappa shape index (κ1) is 11.7. The molecule has 0 heterocycles. The van der Waals surface area contributed by atoms with E-state index in [9.17, 15) is 4.39 Å². The van der Waals surface area contributed by atoms with Gasteiger partial charge in [0.25, 0.3) is 0 Å². The van der Waals surface area contributed by atoms with Crippen molar-refractivity contribution in [2.45, 2.75) is 0 Å². The lowest BCUT2D eigenvalue weighted by Crippen LogP contribution is -1.90. The van der Waals surface area contributed by atoms with Crippen molar-refractivity contribution >= 4 is 17.3 Å². The first-order chi connectivity index (χ1) is 8.11. The van der Waals surface area contributed by atoms with Gasteiger partial charge in [0, 0.05) is 0 Å². The lowest BCUT2D eigenvalue weighted by atomic mass is 10.1. The molecule has 0 aliphatic carbocycles. The predicted octanol–water partition coefficient (Wildman–Crippen LogP) is 3.74. The molecule has 0 spiro atoms. The summed E-state index contributed by atoms with van der Waals surface area (Å²) in [4.78, 5) is 0. The molecule has 0 aromatic heterocycles. The topological polar surface area (TPSA) is 35.2 Å². The first-order valence-electron chi connectivity index (χ1n) is 5.01. The third-order valence-corrected chi connectivity index (χ3v) is 2.81. The molecule has 0 radical (unpaired) electrons. The van der Waals surface area contributed by atoms with E-state index in [-0.39, 0.29) is 5.75 Å². The molecule has 0 bridgehead atoms. The second-order valence-corrected chi connectivity index (χ2v) is 3.99. The van der Waals surface area contributed by atoms with Crippen LogP contribution in [0.4, 0.5) is 10.1 Å². The maximum Gasteiger partial charge on any atom is 0.165 e. The molecule has 0 saturated heterocycles. The van der Waals surface area contributed by atoms with Crippen LogP contribution in [0.1, 0.15) is 0 Å². The van der Waals surface area contributed by atoms with Crippen LogP contribution in [-0.2, 0) is 0 Å². The Morgan fingerprint density at radius 2 is 1.76 bits per heavy atom. The van der Waals surface area contributed by atoms with E-state index in [1.807, 2.05) is 0 Å². The second-order valence-electron chi connectivity index (χ2n) is 3.59. The SMILES string of the molecule is COc1ccc(-c2ccc(N)c(Cl)c2)cc1F. The molecule has 2 aromatic rings. The van der Waals surface area contributed by atoms with Crippen LogP contribution < -0.4 is 10.5 Å². The highest BCUT2D eigenvalue weighted by Gasteiger charge is 2.06. The Labute approximate surface area is 104 Å². The molecule has 0 fully saturated rings. The average molecular weight is 252 g/mol. The normalized spacial score (nSPS) is 10.3. The summed E-state index contributed by atoms with van der Waals surface area (Å²) in [5, 5.41) is 0.457. The highest BCUT2D eigenvalue weighted by Crippen LogP contribution is 2.29. The summed E-state index contributed by atoms with van der Waals surface area (Å²) in [5.41, 5.74) is 7.66. The van der Waals surface area contributed by atoms with Crippen molar-refractivity contribution in [2.24, 2.45) is 0 Å². The second kappa shape index (κ2) is 4.63. The number of methoxy groups -OCH3 is 1. The number of anilines is 1. The van der Waals surface area contributed by atoms with Gasteiger partial charge in [0.2, 0.25) is 0 Å². The predicted molar refractivity (Wildman–Crippen MR) is 67.8 cm³/mol. The molecular formula is C13H11ClFNO. The largest absolute Gasteiger partial charge is 0.494 e. The summed E-state index contributed by atoms with van der Waals surface area (Å²) in [6.07, 6.45) is 0. The Morgan fingerprint density at radius 1 is 1.12 bits per heavy atom. The Bertz CT molecular complexity index is 557. The molecule has 88 valence electrons. The van der Waals surface area contributed by atoms with Crippen LogP contribution in [0.3, 0.4) is 0 Å². The van der Waals surface area contributed by atoms with Gasteiger partial charge in [0.1, 0.15) is 0 Å². The maximum atomic E-state index is 13.5. The minimum absolute atomic E-state index is 0.218. The molecule has 2 rings (SSSR count). The highest BCUT2D eigenvalue weighted by atomic mass is 35.5. The van der Waals surface area contributed by atoms with Gasteiger partial charge < -0.3 is 10.5 Å². The molecule has 4 heteroatoms. The molecule has 0 unspecified atom stereocenters. The van der Waals surface area contributed by atoms with Gasteiger partial charge in [-0.05, 0) is 35.4 Å². The molecule has 0 saturated carbocycles. The first-order valence-corrected chi connectivity index (χ1v) is 5.38. The summed E-state index contributed by atoms with van der Waals surface area (Å²) in [6, 6.07) is 9.94. The van der Waals surface area contributed by atoms with Crippen LogP contribution in [0.15, 0.2) is 36.4 Å². The van der Waals surface area contributed by atoms with E-state index in [0.29, 0.717) is 10.7 Å². The van der Waals surface area contributed by atoms with Gasteiger partial charge in [-0.3, -0.25) is 0 Å². The van der Waals surface area contributed by atoms with E-state index < -0.39 is 5.82 Å². The number of halogens is 2. The number of hydrogen-bond donors (Lipinski definition) is 1. The maximum absolute atomic E-state index is 13.5. The van der Waals surface area contributed by atoms with Gasteiger partial charge in [-0.1, -0.05) is 23.7 Å². The van der Waals surface area contributed by atoms with Crippen LogP contribution in [0, 0.1) is 5.82 Å². The smallest absolute Gasteiger partial charge is 0.165 e. The summed E-state index contributed by atoms with van der Waals surface area (Å²) in [5.74, 6) is -0.187. The van der Waals surface area contributed by atoms with Crippen molar-refractivity contribution in [1.82, 2.24) is 0 Å². The zero-order chi connectivity index (χ0) is 12.4. The van der Waals surface area contributed by atoms with Crippen molar-refractivity contribution in [3.8, 4) is 16.9 Å². The molecular weight excluding hydrogens is 241 g/mol. The lowest BCUT2D eigenvalue weighted by Gasteiger charge is -2.06. The van der Waals surface area contributed by atoms with E-state index in [4.69, 9.17) is 22.1 Å². The third kappa shape index (κ3) is 2.34. The van der Waals surface area contributed by atoms with Crippen LogP contribution in [0.2, 0.25) is 5.02 Å². The summed E-state index contributed by atoms with van der Waals surface area (Å²) >= 11 is 5.92. The zero-order valence-corrected chi connectivity index (χ0v) is 9.96. The number of rotatable bonds is 2. The Hall–Kier alpha value is -1.74. The minimum Gasteiger partial charge on any atom is -0.494 e. The Balaban J connectivity index is 2.46. The number of nitrogen functional groups attached to an aromatic ring is 1. The van der Waals surface area contributed by atoms with Crippen molar-refractivity contribution in [2.75, 3.05) is 12.8 Å². The van der Waals surface area contributed by atoms with Gasteiger partial charge in [0.15, 0.2) is 11.6 Å². The van der Waals surface area contributed by atoms with Gasteiger partial charge in [-0.15, -0.1) is 0 Å². The molecule has 17 heavy (non-hydrogen) atoms. The van der Waals surface area contributed by atoms with Gasteiger partial charge in [-0.2, -0.15) is 0 Å². The quantitative estimate of drug-likeness (QED) is 0.826. The molecule has 2 aromatic carbocycles. The minimum atomic E-state index is -0.405. The Morgan fingerprint density at radius 3 is 2.35 bits per heavy atom. The molecule has 0 aliphatic rings. The highest BCUT2D eigenvalue weighted by molar-refractivity contribution is 6.33. The fourth-order valence-electron chi connectivity index (χ4n) is 1.55. The number of hydrogen-bond acceptors (Lipinski definition) is 2. The molecule has 2 nitrogen and oxygen atoms in total. The fraction of sp³-hybridized carbons (Fsp3) is 0.0769. The fourth-order valence-corrected chi connectivity index (χ4v) is 1.73. The molecule has 0 atom stereocenters. The molecule has 0 amide bonds. The lowest BCUT2D eigenvalue weighted by molar-refractivity contribution is 0.386. The monoisotopic (exact) mass is 251 g/mol. The van der Waals surface area contributed by atoms with Crippen LogP contribution in [0.25, 0.3) is 11.1 Å². The van der Waals surface area contributed by atoms with Crippen molar-refractivity contribution in [3.63, 3.8) is 0 Å². The summed E-state index contributed by atoms with van der Waals surface area (Å²) in [7, 11) is 1.43. The van der Waals surface area contributed by atoms with Crippen LogP contribution >= 0.6 is 11.6 Å². The number of benzene rings is 2. The van der Waals surface area contributed by atoms with Crippen LogP contribution in [0.5, 0.6) is 5.75 Å². The van der Waals surface area contributed by atoms with Gasteiger partial charge in [0.05, 0.1) is 17.8 Å². The zero-order valence-electron chi connectivity index (χ0n) is 9.21. The number of ether oxygens (including phenoxy) is 1. The van der Waals surface area contributed by atoms with E-state index in [2.05, 4.69) is 0 Å². The standard InChI is InChI=1S/C13H11ClFNO/c1-17-13-5-3-9(7-11(13)15)8-2-4-12(16)10(14)6-8/h2-7H,16H2,1H3. The van der Waals surface area contributed by atoms with Crippen molar-refractivity contribution < 1.29 is 9.13 Å². The summed E-state index contributed by atoms with van der Waals surface area (Å²) < 4.78 is 18.4. The van der Waals surface area contributed by atoms with Crippen LogP contribution in [-0.4, -0.2) is 7.11 Å². The average Bonchev–Trinajstić information content (AvgIpc) is 2.32. The molecule has 2 N–H and O–H groups in total. The third-order valence-electron chi connectivity index (χ3n) is 2.49. The van der Waals surface area contributed by atoms with E-state index >= 15 is 0 Å². The number of nitrogens with two attached hydrogens (primary N) is 1. The van der Waals surface area contributed by atoms with Gasteiger partial charge >= 0.3 is 0 Å². The van der Waals surface area contributed by atoms with Gasteiger partial charge in [-0.25, -0.2) is 4.39 Å². The van der Waals surface area contributed by atoms with E-state index in [1.54, 1.807) is 30.3 Å². The van der Waals surface area contributed by atoms with Crippen molar-refractivity contribution in [1.29, 1.82) is 0 Å². The Kier molecular flexibility index (Phi) is 3.20. The van der Waals surface area contributed by atoms with E-state index in [0.717, 1.165) is 11.1 Å². The summed E-state index contributed by atoms with van der Waals surface area (Å²) in [6.45, 7) is 0. The molecule has 0 aliphatic heterocycles. The van der Waals surface area contributed by atoms with E-state index in [1.165, 1.54) is 13.2 Å². The van der Waals surface area contributed by atoms with Crippen molar-refractivity contribution in [3.05, 3.63) is 47.2 Å².